The molecular weight excluding hydrogens is 310 g/mol. The van der Waals surface area contributed by atoms with Crippen LogP contribution in [0.1, 0.15) is 18.1 Å². The molecule has 0 amide bonds. The number of nitrogens with one attached hydrogen (secondary N) is 1. The summed E-state index contributed by atoms with van der Waals surface area (Å²) in [7, 11) is -3.62. The molecule has 0 fully saturated rings. The van der Waals surface area contributed by atoms with Crippen molar-refractivity contribution in [3.8, 4) is 0 Å². The summed E-state index contributed by atoms with van der Waals surface area (Å²) in [6.45, 7) is 1.92. The van der Waals surface area contributed by atoms with Gasteiger partial charge < -0.3 is 0 Å². The highest BCUT2D eigenvalue weighted by molar-refractivity contribution is 7.90. The number of fused-ring (bicyclic) bond motifs is 1. The first-order valence-electron chi connectivity index (χ1n) is 7.03. The molecule has 0 bridgehead atoms. The number of sulfonamides is 1. The predicted molar refractivity (Wildman–Crippen MR) is 91.9 cm³/mol. The molecular formula is C17H15N3O2S. The highest BCUT2D eigenvalue weighted by Gasteiger charge is 2.27. The third-order valence-corrected chi connectivity index (χ3v) is 4.60. The summed E-state index contributed by atoms with van der Waals surface area (Å²) < 4.78 is 27.5. The van der Waals surface area contributed by atoms with Gasteiger partial charge in [0.25, 0.3) is 10.0 Å². The molecule has 3 rings (SSSR count). The Bertz CT molecular complexity index is 914. The highest BCUT2D eigenvalue weighted by Crippen LogP contribution is 2.24. The molecule has 1 aliphatic heterocycles. The largest absolute Gasteiger partial charge is 0.285 e. The SMILES string of the molecule is CC(/C=N/NC1=NS(=O)(=O)c2ccccc21)=C\c1ccccc1. The lowest BCUT2D eigenvalue weighted by molar-refractivity contribution is 0.599. The zero-order valence-electron chi connectivity index (χ0n) is 12.5. The molecule has 0 aliphatic carbocycles. The lowest BCUT2D eigenvalue weighted by Crippen LogP contribution is -2.17. The fraction of sp³-hybridized carbons (Fsp3) is 0.0588. The van der Waals surface area contributed by atoms with Gasteiger partial charge in [0.05, 0.1) is 6.21 Å². The van der Waals surface area contributed by atoms with Gasteiger partial charge in [0, 0.05) is 5.56 Å². The second-order valence-electron chi connectivity index (χ2n) is 5.08. The van der Waals surface area contributed by atoms with Gasteiger partial charge in [-0.25, -0.2) is 0 Å². The Kier molecular flexibility index (Phi) is 4.08. The van der Waals surface area contributed by atoms with Gasteiger partial charge in [-0.1, -0.05) is 48.5 Å². The van der Waals surface area contributed by atoms with Crippen LogP contribution in [0.15, 0.2) is 74.6 Å². The molecule has 0 unspecified atom stereocenters. The number of nitrogens with zero attached hydrogens (tertiary/aromatic N) is 2. The number of benzene rings is 2. The van der Waals surface area contributed by atoms with Crippen molar-refractivity contribution in [2.75, 3.05) is 0 Å². The molecule has 0 aromatic heterocycles. The van der Waals surface area contributed by atoms with Gasteiger partial charge >= 0.3 is 0 Å². The number of hydrazone groups is 1. The summed E-state index contributed by atoms with van der Waals surface area (Å²) in [5, 5.41) is 4.08. The standard InChI is InChI=1S/C17H15N3O2S/c1-13(11-14-7-3-2-4-8-14)12-18-19-17-15-9-5-6-10-16(15)23(21,22)20-17/h2-12H,1H3,(H,19,20)/b13-11+,18-12+. The van der Waals surface area contributed by atoms with Crippen LogP contribution in [0.5, 0.6) is 0 Å². The van der Waals surface area contributed by atoms with Crippen molar-refractivity contribution in [3.63, 3.8) is 0 Å². The van der Waals surface area contributed by atoms with E-state index in [-0.39, 0.29) is 10.7 Å². The Morgan fingerprint density at radius 3 is 2.57 bits per heavy atom. The van der Waals surface area contributed by atoms with Crippen LogP contribution in [-0.2, 0) is 10.0 Å². The maximum Gasteiger partial charge on any atom is 0.285 e. The van der Waals surface area contributed by atoms with Gasteiger partial charge in [0.2, 0.25) is 0 Å². The van der Waals surface area contributed by atoms with Crippen LogP contribution in [0.25, 0.3) is 6.08 Å². The van der Waals surface area contributed by atoms with Crippen LogP contribution in [0.2, 0.25) is 0 Å². The number of allylic oxidation sites excluding steroid dienone is 1. The molecule has 116 valence electrons. The minimum Gasteiger partial charge on any atom is -0.260 e. The Morgan fingerprint density at radius 2 is 1.78 bits per heavy atom. The maximum atomic E-state index is 11.9. The lowest BCUT2D eigenvalue weighted by atomic mass is 10.1. The third-order valence-electron chi connectivity index (χ3n) is 3.26. The van der Waals surface area contributed by atoms with Crippen molar-refractivity contribution in [1.82, 2.24) is 5.43 Å². The van der Waals surface area contributed by atoms with Crippen molar-refractivity contribution in [3.05, 3.63) is 71.3 Å². The molecule has 1 heterocycles. The predicted octanol–water partition coefficient (Wildman–Crippen LogP) is 2.81. The molecule has 1 N–H and O–H groups in total. The topological polar surface area (TPSA) is 70.9 Å². The molecule has 0 spiro atoms. The Labute approximate surface area is 135 Å². The van der Waals surface area contributed by atoms with Crippen LogP contribution in [0, 0.1) is 0 Å². The molecule has 0 saturated heterocycles. The minimum atomic E-state index is -3.62. The normalized spacial score (nSPS) is 16.2. The average molecular weight is 325 g/mol. The second-order valence-corrected chi connectivity index (χ2v) is 6.65. The summed E-state index contributed by atoms with van der Waals surface area (Å²) in [5.74, 6) is 0.240. The maximum absolute atomic E-state index is 11.9. The van der Waals surface area contributed by atoms with Crippen LogP contribution in [-0.4, -0.2) is 20.5 Å². The molecule has 1 aliphatic rings. The van der Waals surface area contributed by atoms with E-state index in [1.165, 1.54) is 6.07 Å². The van der Waals surface area contributed by atoms with Gasteiger partial charge in [-0.15, -0.1) is 4.40 Å². The average Bonchev–Trinajstić information content (AvgIpc) is 2.80. The van der Waals surface area contributed by atoms with Crippen molar-refractivity contribution in [1.29, 1.82) is 0 Å². The van der Waals surface area contributed by atoms with Gasteiger partial charge in [0.15, 0.2) is 5.84 Å². The van der Waals surface area contributed by atoms with Gasteiger partial charge in [-0.2, -0.15) is 13.5 Å². The zero-order valence-corrected chi connectivity index (χ0v) is 13.3. The minimum absolute atomic E-state index is 0.203. The lowest BCUT2D eigenvalue weighted by Gasteiger charge is -2.00. The molecule has 0 atom stereocenters. The third kappa shape index (κ3) is 3.37. The van der Waals surface area contributed by atoms with E-state index in [0.717, 1.165) is 11.1 Å². The van der Waals surface area contributed by atoms with Gasteiger partial charge in [-0.05, 0) is 30.2 Å². The molecule has 23 heavy (non-hydrogen) atoms. The smallest absolute Gasteiger partial charge is 0.260 e. The highest BCUT2D eigenvalue weighted by atomic mass is 32.2. The first-order valence-corrected chi connectivity index (χ1v) is 8.47. The monoisotopic (exact) mass is 325 g/mol. The number of hydrogen-bond acceptors (Lipinski definition) is 4. The fourth-order valence-electron chi connectivity index (χ4n) is 2.23. The molecule has 5 nitrogen and oxygen atoms in total. The van der Waals surface area contributed by atoms with E-state index < -0.39 is 10.0 Å². The summed E-state index contributed by atoms with van der Waals surface area (Å²) in [6.07, 6.45) is 3.61. The molecule has 2 aromatic carbocycles. The van der Waals surface area contributed by atoms with Crippen LogP contribution in [0.4, 0.5) is 0 Å². The fourth-order valence-corrected chi connectivity index (χ4v) is 3.40. The molecule has 0 radical (unpaired) electrons. The van der Waals surface area contributed by atoms with Crippen molar-refractivity contribution >= 4 is 28.1 Å². The van der Waals surface area contributed by atoms with Crippen molar-refractivity contribution in [2.24, 2.45) is 9.50 Å². The Balaban J connectivity index is 1.76. The van der Waals surface area contributed by atoms with Crippen molar-refractivity contribution < 1.29 is 8.42 Å². The first kappa shape index (κ1) is 15.2. The van der Waals surface area contributed by atoms with Crippen LogP contribution in [0.3, 0.4) is 0 Å². The molecule has 2 aromatic rings. The van der Waals surface area contributed by atoms with E-state index in [2.05, 4.69) is 14.9 Å². The molecule has 6 heteroatoms. The molecule has 0 saturated carbocycles. The van der Waals surface area contributed by atoms with Gasteiger partial charge in [-0.3, -0.25) is 5.43 Å². The second kappa shape index (κ2) is 6.18. The number of hydrogen-bond donors (Lipinski definition) is 1. The zero-order chi connectivity index (χ0) is 16.3. The summed E-state index contributed by atoms with van der Waals surface area (Å²) in [4.78, 5) is 0.203. The van der Waals surface area contributed by atoms with Crippen LogP contribution >= 0.6 is 0 Å². The van der Waals surface area contributed by atoms with Gasteiger partial charge in [0.1, 0.15) is 4.90 Å². The van der Waals surface area contributed by atoms with Crippen LogP contribution < -0.4 is 5.43 Å². The Morgan fingerprint density at radius 1 is 1.09 bits per heavy atom. The first-order chi connectivity index (χ1) is 11.1. The van der Waals surface area contributed by atoms with Crippen molar-refractivity contribution in [2.45, 2.75) is 11.8 Å². The van der Waals surface area contributed by atoms with E-state index >= 15 is 0 Å². The Hall–Kier alpha value is -2.73. The number of rotatable bonds is 3. The summed E-state index contributed by atoms with van der Waals surface area (Å²) >= 11 is 0. The summed E-state index contributed by atoms with van der Waals surface area (Å²) in [6, 6.07) is 16.5. The van der Waals surface area contributed by atoms with E-state index in [9.17, 15) is 8.42 Å². The van der Waals surface area contributed by atoms with E-state index in [4.69, 9.17) is 0 Å². The summed E-state index contributed by atoms with van der Waals surface area (Å²) in [5.41, 5.74) is 5.25. The van der Waals surface area contributed by atoms with E-state index in [1.54, 1.807) is 24.4 Å². The quantitative estimate of drug-likeness (QED) is 0.697. The van der Waals surface area contributed by atoms with E-state index in [0.29, 0.717) is 5.56 Å². The number of amidine groups is 1. The van der Waals surface area contributed by atoms with E-state index in [1.807, 2.05) is 43.3 Å².